The van der Waals surface area contributed by atoms with Gasteiger partial charge in [-0.3, -0.25) is 0 Å². The molecule has 0 amide bonds. The maximum Gasteiger partial charge on any atom is 0.123 e. The highest BCUT2D eigenvalue weighted by atomic mass is 19.1. The molecule has 2 aliphatic heterocycles. The topological polar surface area (TPSA) is 17.8 Å². The fourth-order valence-corrected chi connectivity index (χ4v) is 3.73. The average Bonchev–Trinajstić information content (AvgIpc) is 3.02. The van der Waals surface area contributed by atoms with E-state index in [1.165, 1.54) is 6.07 Å². The summed E-state index contributed by atoms with van der Waals surface area (Å²) in [5, 5.41) is 1.99. The van der Waals surface area contributed by atoms with E-state index in [9.17, 15) is 4.39 Å². The summed E-state index contributed by atoms with van der Waals surface area (Å²) in [6.07, 6.45) is 0. The zero-order chi connectivity index (χ0) is 17.0. The van der Waals surface area contributed by atoms with Gasteiger partial charge in [0.25, 0.3) is 0 Å². The number of hydrogen-bond acceptors (Lipinski definition) is 1. The van der Waals surface area contributed by atoms with Crippen molar-refractivity contribution >= 4 is 21.8 Å². The predicted octanol–water partition coefficient (Wildman–Crippen LogP) is 5.64. The van der Waals surface area contributed by atoms with Crippen LogP contribution in [0.4, 0.5) is 4.39 Å². The number of aryl methyl sites for hydroxylation is 1. The molecule has 0 aromatic heterocycles. The van der Waals surface area contributed by atoms with Crippen molar-refractivity contribution in [3.05, 3.63) is 78.6 Å². The van der Waals surface area contributed by atoms with Crippen LogP contribution >= 0.6 is 0 Å². The minimum Gasteiger partial charge on any atom is -0.342 e. The number of halogens is 1. The van der Waals surface area contributed by atoms with E-state index in [4.69, 9.17) is 4.98 Å². The van der Waals surface area contributed by atoms with Crippen molar-refractivity contribution in [2.75, 3.05) is 0 Å². The number of aromatic nitrogens is 2. The van der Waals surface area contributed by atoms with Crippen LogP contribution in [0.25, 0.3) is 44.3 Å². The van der Waals surface area contributed by atoms with Crippen LogP contribution in [0.5, 0.6) is 0 Å². The molecule has 2 nitrogen and oxygen atoms in total. The SMILES string of the molecule is Cn1c2c3ccccc3nc-2c(-c2ccccc2)c2cc(F)ccc21. The molecule has 0 atom stereocenters. The molecule has 2 heterocycles. The Morgan fingerprint density at radius 3 is 2.44 bits per heavy atom. The van der Waals surface area contributed by atoms with Crippen molar-refractivity contribution in [2.24, 2.45) is 7.05 Å². The van der Waals surface area contributed by atoms with Gasteiger partial charge in [-0.25, -0.2) is 9.37 Å². The molecule has 0 unspecified atom stereocenters. The molecule has 0 spiro atoms. The number of hydrogen-bond donors (Lipinski definition) is 0. The van der Waals surface area contributed by atoms with Crippen LogP contribution in [-0.4, -0.2) is 9.55 Å². The highest BCUT2D eigenvalue weighted by Crippen LogP contribution is 2.42. The van der Waals surface area contributed by atoms with E-state index in [-0.39, 0.29) is 5.82 Å². The zero-order valence-corrected chi connectivity index (χ0v) is 13.7. The first-order chi connectivity index (χ1) is 12.2. The molecular weight excluding hydrogens is 311 g/mol. The fraction of sp³-hybridized carbons (Fsp3) is 0.0455. The van der Waals surface area contributed by atoms with E-state index in [2.05, 4.69) is 22.8 Å². The predicted molar refractivity (Wildman–Crippen MR) is 100 cm³/mol. The number of pyridine rings is 1. The first kappa shape index (κ1) is 14.2. The zero-order valence-electron chi connectivity index (χ0n) is 13.7. The second-order valence-corrected chi connectivity index (χ2v) is 6.29. The third-order valence-electron chi connectivity index (χ3n) is 4.84. The summed E-state index contributed by atoms with van der Waals surface area (Å²) in [4.78, 5) is 4.89. The maximum atomic E-state index is 14.0. The molecule has 3 aromatic rings. The van der Waals surface area contributed by atoms with Gasteiger partial charge in [0.05, 0.1) is 16.9 Å². The third-order valence-corrected chi connectivity index (χ3v) is 4.84. The van der Waals surface area contributed by atoms with Gasteiger partial charge in [0.2, 0.25) is 0 Å². The summed E-state index contributed by atoms with van der Waals surface area (Å²) in [5.74, 6) is -0.236. The van der Waals surface area contributed by atoms with Crippen LogP contribution in [0.1, 0.15) is 0 Å². The Bertz CT molecular complexity index is 1210. The molecule has 120 valence electrons. The molecule has 3 aromatic carbocycles. The monoisotopic (exact) mass is 326 g/mol. The summed E-state index contributed by atoms with van der Waals surface area (Å²) < 4.78 is 16.2. The molecule has 0 saturated heterocycles. The second kappa shape index (κ2) is 5.15. The Morgan fingerprint density at radius 2 is 1.60 bits per heavy atom. The average molecular weight is 326 g/mol. The highest BCUT2D eigenvalue weighted by Gasteiger charge is 2.23. The van der Waals surface area contributed by atoms with Crippen LogP contribution in [0.2, 0.25) is 0 Å². The Balaban J connectivity index is 2.07. The molecule has 0 radical (unpaired) electrons. The summed E-state index contributed by atoms with van der Waals surface area (Å²) in [5.41, 5.74) is 5.97. The van der Waals surface area contributed by atoms with Gasteiger partial charge >= 0.3 is 0 Å². The molecular formula is C22H15FN2. The van der Waals surface area contributed by atoms with E-state index < -0.39 is 0 Å². The smallest absolute Gasteiger partial charge is 0.123 e. The first-order valence-electron chi connectivity index (χ1n) is 8.26. The van der Waals surface area contributed by atoms with E-state index in [1.54, 1.807) is 6.07 Å². The third kappa shape index (κ3) is 1.99. The summed E-state index contributed by atoms with van der Waals surface area (Å²) in [6, 6.07) is 23.2. The number of fused-ring (bicyclic) bond motifs is 4. The second-order valence-electron chi connectivity index (χ2n) is 6.29. The summed E-state index contributed by atoms with van der Waals surface area (Å²) >= 11 is 0. The Labute approximate surface area is 144 Å². The first-order valence-corrected chi connectivity index (χ1v) is 8.26. The summed E-state index contributed by atoms with van der Waals surface area (Å²) in [7, 11) is 2.02. The number of nitrogens with zero attached hydrogens (tertiary/aromatic N) is 2. The van der Waals surface area contributed by atoms with Crippen molar-refractivity contribution in [2.45, 2.75) is 0 Å². The van der Waals surface area contributed by atoms with Gasteiger partial charge in [-0.1, -0.05) is 48.5 Å². The van der Waals surface area contributed by atoms with Crippen LogP contribution in [0, 0.1) is 5.82 Å². The fourth-order valence-electron chi connectivity index (χ4n) is 3.73. The lowest BCUT2D eigenvalue weighted by Crippen LogP contribution is -2.02. The van der Waals surface area contributed by atoms with E-state index in [0.29, 0.717) is 0 Å². The van der Waals surface area contributed by atoms with Crippen molar-refractivity contribution in [3.63, 3.8) is 0 Å². The van der Waals surface area contributed by atoms with Crippen LogP contribution in [0.15, 0.2) is 72.8 Å². The van der Waals surface area contributed by atoms with Crippen LogP contribution in [-0.2, 0) is 7.05 Å². The largest absolute Gasteiger partial charge is 0.342 e. The molecule has 0 N–H and O–H groups in total. The molecule has 25 heavy (non-hydrogen) atoms. The minimum atomic E-state index is -0.236. The quantitative estimate of drug-likeness (QED) is 0.390. The van der Waals surface area contributed by atoms with Crippen molar-refractivity contribution in [1.29, 1.82) is 0 Å². The number of benzene rings is 3. The maximum absolute atomic E-state index is 14.0. The lowest BCUT2D eigenvalue weighted by Gasteiger charge is -2.18. The molecule has 0 saturated carbocycles. The van der Waals surface area contributed by atoms with Gasteiger partial charge in [0.15, 0.2) is 0 Å². The van der Waals surface area contributed by atoms with Gasteiger partial charge in [0, 0.05) is 28.9 Å². The number of rotatable bonds is 1. The highest BCUT2D eigenvalue weighted by molar-refractivity contribution is 6.09. The summed E-state index contributed by atoms with van der Waals surface area (Å²) in [6.45, 7) is 0. The normalized spacial score (nSPS) is 11.6. The van der Waals surface area contributed by atoms with Gasteiger partial charge in [-0.05, 0) is 29.8 Å². The Kier molecular flexibility index (Phi) is 2.92. The van der Waals surface area contributed by atoms with E-state index >= 15 is 0 Å². The van der Waals surface area contributed by atoms with E-state index in [1.807, 2.05) is 49.5 Å². The van der Waals surface area contributed by atoms with Gasteiger partial charge in [-0.2, -0.15) is 0 Å². The molecule has 0 fully saturated rings. The molecule has 5 rings (SSSR count). The van der Waals surface area contributed by atoms with Gasteiger partial charge in [0.1, 0.15) is 5.82 Å². The molecule has 0 aliphatic carbocycles. The minimum absolute atomic E-state index is 0.236. The lowest BCUT2D eigenvalue weighted by molar-refractivity contribution is 0.629. The van der Waals surface area contributed by atoms with Gasteiger partial charge < -0.3 is 4.57 Å². The van der Waals surface area contributed by atoms with E-state index in [0.717, 1.165) is 44.3 Å². The lowest BCUT2D eigenvalue weighted by atomic mass is 9.96. The molecule has 3 heteroatoms. The van der Waals surface area contributed by atoms with Crippen LogP contribution in [0.3, 0.4) is 0 Å². The van der Waals surface area contributed by atoms with Crippen molar-refractivity contribution in [3.8, 4) is 22.5 Å². The Hall–Kier alpha value is -3.20. The van der Waals surface area contributed by atoms with Gasteiger partial charge in [-0.15, -0.1) is 0 Å². The molecule has 2 aliphatic rings. The number of para-hydroxylation sites is 1. The molecule has 0 bridgehead atoms. The van der Waals surface area contributed by atoms with Crippen LogP contribution < -0.4 is 0 Å². The van der Waals surface area contributed by atoms with Crippen molar-refractivity contribution in [1.82, 2.24) is 9.55 Å². The Morgan fingerprint density at radius 1 is 0.840 bits per heavy atom. The standard InChI is InChI=1S/C22H15FN2/c1-25-19-12-11-15(23)13-17(19)20(14-7-3-2-4-8-14)21-22(25)16-9-5-6-10-18(16)24-21/h2-13H,1H3. The van der Waals surface area contributed by atoms with Crippen molar-refractivity contribution < 1.29 is 4.39 Å².